The summed E-state index contributed by atoms with van der Waals surface area (Å²) in [6.07, 6.45) is 1.89. The number of amides is 1. The van der Waals surface area contributed by atoms with Crippen molar-refractivity contribution in [2.75, 3.05) is 6.54 Å². The molecule has 0 saturated carbocycles. The summed E-state index contributed by atoms with van der Waals surface area (Å²) < 4.78 is 0. The molecule has 0 spiro atoms. The second-order valence-electron chi connectivity index (χ2n) is 7.00. The van der Waals surface area contributed by atoms with Gasteiger partial charge in [0.15, 0.2) is 0 Å². The Balaban J connectivity index is 1.56. The molecule has 2 aromatic heterocycles. The van der Waals surface area contributed by atoms with E-state index in [1.54, 1.807) is 11.0 Å². The first-order valence-electron chi connectivity index (χ1n) is 9.38. The van der Waals surface area contributed by atoms with Crippen LogP contribution in [0.4, 0.5) is 0 Å². The molecule has 3 aromatic rings. The molecule has 1 atom stereocenters. The van der Waals surface area contributed by atoms with E-state index in [0.717, 1.165) is 16.8 Å². The van der Waals surface area contributed by atoms with E-state index in [1.807, 2.05) is 30.3 Å². The lowest BCUT2D eigenvalue weighted by molar-refractivity contribution is -0.133. The topological polar surface area (TPSA) is 125 Å². The normalized spacial score (nSPS) is 13.9. The number of rotatable bonds is 6. The molecule has 0 fully saturated rings. The molecule has 3 heterocycles. The summed E-state index contributed by atoms with van der Waals surface area (Å²) in [6.45, 7) is 1.30. The Labute approximate surface area is 167 Å². The fraction of sp³-hybridized carbons (Fsp3) is 0.238. The summed E-state index contributed by atoms with van der Waals surface area (Å²) in [5.41, 5.74) is 9.84. The Morgan fingerprint density at radius 2 is 1.97 bits per heavy atom. The van der Waals surface area contributed by atoms with Gasteiger partial charge in [0.2, 0.25) is 5.91 Å². The molecule has 148 valence electrons. The van der Waals surface area contributed by atoms with E-state index in [1.165, 1.54) is 12.3 Å². The van der Waals surface area contributed by atoms with E-state index >= 15 is 0 Å². The lowest BCUT2D eigenvalue weighted by atomic mass is 9.94. The minimum Gasteiger partial charge on any atom is -0.478 e. The van der Waals surface area contributed by atoms with Gasteiger partial charge in [-0.05, 0) is 30.7 Å². The molecule has 0 aliphatic carbocycles. The number of aromatic amines is 1. The maximum atomic E-state index is 13.2. The number of aromatic nitrogens is 3. The van der Waals surface area contributed by atoms with Gasteiger partial charge < -0.3 is 15.7 Å². The molecule has 29 heavy (non-hydrogen) atoms. The smallest absolute Gasteiger partial charge is 0.337 e. The van der Waals surface area contributed by atoms with E-state index in [2.05, 4.69) is 15.2 Å². The molecule has 1 aliphatic heterocycles. The van der Waals surface area contributed by atoms with Crippen molar-refractivity contribution in [1.82, 2.24) is 20.1 Å². The quantitative estimate of drug-likeness (QED) is 0.591. The van der Waals surface area contributed by atoms with Crippen molar-refractivity contribution < 1.29 is 14.7 Å². The van der Waals surface area contributed by atoms with Crippen molar-refractivity contribution in [3.05, 3.63) is 71.0 Å². The van der Waals surface area contributed by atoms with Crippen molar-refractivity contribution >= 4 is 11.9 Å². The molecule has 4 rings (SSSR count). The molecule has 1 amide bonds. The highest BCUT2D eigenvalue weighted by atomic mass is 16.4. The predicted octanol–water partition coefficient (Wildman–Crippen LogP) is 2.14. The van der Waals surface area contributed by atoms with Gasteiger partial charge in [-0.15, -0.1) is 0 Å². The number of hydrogen-bond donors (Lipinski definition) is 3. The number of H-pyrrole nitrogens is 1. The number of nitrogens with two attached hydrogens (primary N) is 1. The van der Waals surface area contributed by atoms with Gasteiger partial charge in [-0.2, -0.15) is 5.10 Å². The third-order valence-electron chi connectivity index (χ3n) is 5.17. The van der Waals surface area contributed by atoms with Crippen LogP contribution in [0.15, 0.2) is 48.7 Å². The molecule has 8 heteroatoms. The number of carboxylic acids is 1. The lowest BCUT2D eigenvalue weighted by Crippen LogP contribution is -2.32. The van der Waals surface area contributed by atoms with Crippen LogP contribution in [0, 0.1) is 0 Å². The van der Waals surface area contributed by atoms with Crippen LogP contribution in [0.3, 0.4) is 0 Å². The van der Waals surface area contributed by atoms with Crippen LogP contribution in [-0.4, -0.2) is 43.6 Å². The molecular formula is C21H21N5O3. The van der Waals surface area contributed by atoms with Crippen LogP contribution in [-0.2, 0) is 17.9 Å². The highest BCUT2D eigenvalue weighted by Crippen LogP contribution is 2.32. The number of fused-ring (bicyclic) bond motifs is 1. The fourth-order valence-corrected chi connectivity index (χ4v) is 3.67. The van der Waals surface area contributed by atoms with Crippen molar-refractivity contribution in [2.24, 2.45) is 5.73 Å². The first-order valence-corrected chi connectivity index (χ1v) is 9.38. The van der Waals surface area contributed by atoms with E-state index in [0.29, 0.717) is 37.4 Å². The van der Waals surface area contributed by atoms with E-state index in [9.17, 15) is 9.59 Å². The number of nitrogens with one attached hydrogen (secondary N) is 1. The molecule has 0 bridgehead atoms. The van der Waals surface area contributed by atoms with Crippen LogP contribution in [0.1, 0.15) is 39.5 Å². The standard InChI is InChI=1S/C21H21N5O3/c22-9-8-15(13-4-2-1-3-5-13)20(27)26-11-16-18(12-26)24-25-19(16)17-7-6-14(10-23-17)21(28)29/h1-7,10,15H,8-9,11-12,22H2,(H,24,25)(H,28,29). The molecule has 0 radical (unpaired) electrons. The summed E-state index contributed by atoms with van der Waals surface area (Å²) in [6, 6.07) is 12.8. The summed E-state index contributed by atoms with van der Waals surface area (Å²) >= 11 is 0. The predicted molar refractivity (Wildman–Crippen MR) is 106 cm³/mol. The fourth-order valence-electron chi connectivity index (χ4n) is 3.67. The van der Waals surface area contributed by atoms with Crippen molar-refractivity contribution in [1.29, 1.82) is 0 Å². The van der Waals surface area contributed by atoms with Gasteiger partial charge in [-0.3, -0.25) is 14.9 Å². The zero-order valence-electron chi connectivity index (χ0n) is 15.7. The molecule has 4 N–H and O–H groups in total. The Hall–Kier alpha value is -3.52. The van der Waals surface area contributed by atoms with Crippen molar-refractivity contribution in [2.45, 2.75) is 25.4 Å². The van der Waals surface area contributed by atoms with E-state index in [-0.39, 0.29) is 17.4 Å². The maximum absolute atomic E-state index is 13.2. The molecule has 1 aromatic carbocycles. The van der Waals surface area contributed by atoms with Gasteiger partial charge in [-0.1, -0.05) is 30.3 Å². The first-order chi connectivity index (χ1) is 14.1. The third-order valence-corrected chi connectivity index (χ3v) is 5.17. The van der Waals surface area contributed by atoms with Gasteiger partial charge in [0, 0.05) is 11.8 Å². The van der Waals surface area contributed by atoms with Crippen LogP contribution < -0.4 is 5.73 Å². The minimum atomic E-state index is -1.03. The van der Waals surface area contributed by atoms with Gasteiger partial charge in [-0.25, -0.2) is 4.79 Å². The average Bonchev–Trinajstić information content (AvgIpc) is 3.33. The Kier molecular flexibility index (Phi) is 5.09. The number of carboxylic acid groups (broad SMARTS) is 1. The van der Waals surface area contributed by atoms with Crippen molar-refractivity contribution in [3.8, 4) is 11.4 Å². The summed E-state index contributed by atoms with van der Waals surface area (Å²) in [5.74, 6) is -1.28. The molecule has 0 saturated heterocycles. The highest BCUT2D eigenvalue weighted by molar-refractivity contribution is 5.87. The highest BCUT2D eigenvalue weighted by Gasteiger charge is 2.33. The average molecular weight is 391 g/mol. The first kappa shape index (κ1) is 18.8. The monoisotopic (exact) mass is 391 g/mol. The maximum Gasteiger partial charge on any atom is 0.337 e. The number of nitrogens with zero attached hydrogens (tertiary/aromatic N) is 3. The number of benzene rings is 1. The molecule has 8 nitrogen and oxygen atoms in total. The zero-order valence-corrected chi connectivity index (χ0v) is 15.7. The number of carbonyl (C=O) groups excluding carboxylic acids is 1. The molecule has 1 unspecified atom stereocenters. The van der Waals surface area contributed by atoms with Crippen LogP contribution in [0.2, 0.25) is 0 Å². The second kappa shape index (κ2) is 7.84. The second-order valence-corrected chi connectivity index (χ2v) is 7.00. The van der Waals surface area contributed by atoms with E-state index in [4.69, 9.17) is 10.8 Å². The number of pyridine rings is 1. The minimum absolute atomic E-state index is 0.0337. The number of hydrogen-bond acceptors (Lipinski definition) is 5. The Morgan fingerprint density at radius 3 is 2.62 bits per heavy atom. The SMILES string of the molecule is NCCC(C(=O)N1Cc2[nH]nc(-c3ccc(C(=O)O)cn3)c2C1)c1ccccc1. The Bertz CT molecular complexity index is 1030. The summed E-state index contributed by atoms with van der Waals surface area (Å²) in [7, 11) is 0. The van der Waals surface area contributed by atoms with Gasteiger partial charge in [0.25, 0.3) is 0 Å². The largest absolute Gasteiger partial charge is 0.478 e. The van der Waals surface area contributed by atoms with Crippen LogP contribution in [0.5, 0.6) is 0 Å². The van der Waals surface area contributed by atoms with Gasteiger partial charge in [0.05, 0.1) is 36.0 Å². The third kappa shape index (κ3) is 3.62. The number of aromatic carboxylic acids is 1. The van der Waals surface area contributed by atoms with Crippen LogP contribution >= 0.6 is 0 Å². The molecule has 1 aliphatic rings. The van der Waals surface area contributed by atoms with Gasteiger partial charge in [0.1, 0.15) is 5.69 Å². The van der Waals surface area contributed by atoms with Crippen molar-refractivity contribution in [3.63, 3.8) is 0 Å². The van der Waals surface area contributed by atoms with E-state index < -0.39 is 5.97 Å². The summed E-state index contributed by atoms with van der Waals surface area (Å²) in [5, 5.41) is 16.3. The van der Waals surface area contributed by atoms with Crippen LogP contribution in [0.25, 0.3) is 11.4 Å². The molecular weight excluding hydrogens is 370 g/mol. The Morgan fingerprint density at radius 1 is 1.17 bits per heavy atom. The lowest BCUT2D eigenvalue weighted by Gasteiger charge is -2.23. The van der Waals surface area contributed by atoms with Gasteiger partial charge >= 0.3 is 5.97 Å². The zero-order chi connectivity index (χ0) is 20.4. The number of carbonyl (C=O) groups is 2. The summed E-state index contributed by atoms with van der Waals surface area (Å²) in [4.78, 5) is 30.3.